The van der Waals surface area contributed by atoms with Crippen LogP contribution in [0, 0.1) is 5.82 Å². The maximum absolute atomic E-state index is 13.0. The van der Waals surface area contributed by atoms with Crippen molar-refractivity contribution in [3.8, 4) is 0 Å². The summed E-state index contributed by atoms with van der Waals surface area (Å²) in [7, 11) is 0. The Labute approximate surface area is 144 Å². The van der Waals surface area contributed by atoms with E-state index >= 15 is 0 Å². The number of carbonyl (C=O) groups excluding carboxylic acids is 1. The number of hydrogen-bond donors (Lipinski definition) is 1. The van der Waals surface area contributed by atoms with Crippen LogP contribution in [0.2, 0.25) is 0 Å². The Kier molecular flexibility index (Phi) is 3.80. The number of fused-ring (bicyclic) bond motifs is 1. The Bertz CT molecular complexity index is 912. The summed E-state index contributed by atoms with van der Waals surface area (Å²) < 4.78 is 18.7. The molecule has 2 heterocycles. The number of nitrogen functional groups attached to an aromatic ring is 1. The van der Waals surface area contributed by atoms with E-state index in [1.165, 1.54) is 12.1 Å². The summed E-state index contributed by atoms with van der Waals surface area (Å²) in [6.07, 6.45) is 0. The number of nitrogens with two attached hydrogens (primary N) is 1. The molecule has 128 valence electrons. The van der Waals surface area contributed by atoms with Gasteiger partial charge in [-0.2, -0.15) is 0 Å². The molecule has 0 spiro atoms. The highest BCUT2D eigenvalue weighted by atomic mass is 19.1. The van der Waals surface area contributed by atoms with Crippen LogP contribution in [0.15, 0.2) is 52.9 Å². The zero-order valence-electron chi connectivity index (χ0n) is 13.6. The first kappa shape index (κ1) is 15.5. The number of carbonyl (C=O) groups is 1. The van der Waals surface area contributed by atoms with Gasteiger partial charge in [0.2, 0.25) is 5.76 Å². The molecule has 6 heteroatoms. The lowest BCUT2D eigenvalue weighted by Gasteiger charge is -2.35. The van der Waals surface area contributed by atoms with Gasteiger partial charge in [-0.3, -0.25) is 4.79 Å². The van der Waals surface area contributed by atoms with Crippen molar-refractivity contribution in [3.63, 3.8) is 0 Å². The minimum atomic E-state index is -0.252. The number of para-hydroxylation sites is 1. The van der Waals surface area contributed by atoms with Gasteiger partial charge in [-0.15, -0.1) is 0 Å². The van der Waals surface area contributed by atoms with Gasteiger partial charge in [-0.05, 0) is 36.4 Å². The number of anilines is 2. The van der Waals surface area contributed by atoms with Gasteiger partial charge < -0.3 is 20.0 Å². The van der Waals surface area contributed by atoms with Crippen molar-refractivity contribution in [2.75, 3.05) is 36.8 Å². The van der Waals surface area contributed by atoms with E-state index < -0.39 is 0 Å². The third kappa shape index (κ3) is 2.80. The second-order valence-electron chi connectivity index (χ2n) is 6.10. The Morgan fingerprint density at radius 2 is 1.68 bits per heavy atom. The monoisotopic (exact) mass is 339 g/mol. The van der Waals surface area contributed by atoms with E-state index in [2.05, 4.69) is 4.90 Å². The van der Waals surface area contributed by atoms with Crippen molar-refractivity contribution in [1.29, 1.82) is 0 Å². The molecule has 0 radical (unpaired) electrons. The normalized spacial score (nSPS) is 14.9. The highest BCUT2D eigenvalue weighted by molar-refractivity contribution is 6.05. The van der Waals surface area contributed by atoms with Crippen molar-refractivity contribution < 1.29 is 13.6 Å². The predicted molar refractivity (Wildman–Crippen MR) is 95.1 cm³/mol. The summed E-state index contributed by atoms with van der Waals surface area (Å²) in [6, 6.07) is 13.8. The highest BCUT2D eigenvalue weighted by Crippen LogP contribution is 2.29. The molecule has 0 atom stereocenters. The van der Waals surface area contributed by atoms with Crippen LogP contribution in [0.4, 0.5) is 15.8 Å². The number of rotatable bonds is 2. The number of hydrogen-bond acceptors (Lipinski definition) is 4. The molecule has 0 aliphatic carbocycles. The molecular weight excluding hydrogens is 321 g/mol. The number of furan rings is 1. The first-order valence-corrected chi connectivity index (χ1v) is 8.20. The summed E-state index contributed by atoms with van der Waals surface area (Å²) in [5, 5.41) is 0.760. The number of amides is 1. The van der Waals surface area contributed by atoms with Crippen LogP contribution in [0.1, 0.15) is 10.6 Å². The van der Waals surface area contributed by atoms with Gasteiger partial charge >= 0.3 is 0 Å². The molecule has 1 aliphatic rings. The fraction of sp³-hybridized carbons (Fsp3) is 0.211. The summed E-state index contributed by atoms with van der Waals surface area (Å²) >= 11 is 0. The number of nitrogens with zero attached hydrogens (tertiary/aromatic N) is 2. The van der Waals surface area contributed by atoms with E-state index in [0.29, 0.717) is 37.4 Å². The van der Waals surface area contributed by atoms with E-state index in [9.17, 15) is 9.18 Å². The van der Waals surface area contributed by atoms with Crippen molar-refractivity contribution >= 4 is 28.3 Å². The van der Waals surface area contributed by atoms with Crippen molar-refractivity contribution in [2.45, 2.75) is 0 Å². The standard InChI is InChI=1S/C19H18FN3O2/c20-13-5-7-14(8-6-13)22-9-11-23(12-10-22)19(24)18-17(21)15-3-1-2-4-16(15)25-18/h1-8H,9-12,21H2. The van der Waals surface area contributed by atoms with Gasteiger partial charge in [0.05, 0.1) is 5.69 Å². The van der Waals surface area contributed by atoms with E-state index in [-0.39, 0.29) is 17.5 Å². The Morgan fingerprint density at radius 1 is 1.00 bits per heavy atom. The lowest BCUT2D eigenvalue weighted by atomic mass is 10.2. The largest absolute Gasteiger partial charge is 0.449 e. The van der Waals surface area contributed by atoms with E-state index in [0.717, 1.165) is 11.1 Å². The van der Waals surface area contributed by atoms with Crippen LogP contribution in [-0.4, -0.2) is 37.0 Å². The Balaban J connectivity index is 1.49. The molecule has 2 N–H and O–H groups in total. The lowest BCUT2D eigenvalue weighted by molar-refractivity contribution is 0.0718. The molecule has 1 amide bonds. The zero-order valence-corrected chi connectivity index (χ0v) is 13.6. The fourth-order valence-corrected chi connectivity index (χ4v) is 3.19. The van der Waals surface area contributed by atoms with Crippen LogP contribution >= 0.6 is 0 Å². The van der Waals surface area contributed by atoms with Crippen LogP contribution in [0.5, 0.6) is 0 Å². The first-order chi connectivity index (χ1) is 12.1. The summed E-state index contributed by atoms with van der Waals surface area (Å²) in [4.78, 5) is 16.6. The maximum Gasteiger partial charge on any atom is 0.291 e. The molecule has 1 aromatic heterocycles. The average molecular weight is 339 g/mol. The Hall–Kier alpha value is -3.02. The minimum Gasteiger partial charge on any atom is -0.449 e. The van der Waals surface area contributed by atoms with Crippen LogP contribution in [0.25, 0.3) is 11.0 Å². The molecule has 3 aromatic rings. The van der Waals surface area contributed by atoms with Crippen molar-refractivity contribution in [1.82, 2.24) is 4.90 Å². The second kappa shape index (κ2) is 6.12. The molecule has 1 saturated heterocycles. The van der Waals surface area contributed by atoms with E-state index in [1.54, 1.807) is 23.1 Å². The molecule has 0 unspecified atom stereocenters. The molecule has 4 rings (SSSR count). The van der Waals surface area contributed by atoms with Crippen LogP contribution < -0.4 is 10.6 Å². The van der Waals surface area contributed by atoms with Crippen LogP contribution in [0.3, 0.4) is 0 Å². The molecule has 1 fully saturated rings. The SMILES string of the molecule is Nc1c(C(=O)N2CCN(c3ccc(F)cc3)CC2)oc2ccccc12. The van der Waals surface area contributed by atoms with Gasteiger partial charge in [0.25, 0.3) is 5.91 Å². The zero-order chi connectivity index (χ0) is 17.4. The summed E-state index contributed by atoms with van der Waals surface area (Å²) in [5.41, 5.74) is 8.06. The third-order valence-electron chi connectivity index (χ3n) is 4.59. The molecule has 5 nitrogen and oxygen atoms in total. The quantitative estimate of drug-likeness (QED) is 0.779. The molecule has 1 aliphatic heterocycles. The number of piperazine rings is 1. The lowest BCUT2D eigenvalue weighted by Crippen LogP contribution is -2.48. The van der Waals surface area contributed by atoms with Gasteiger partial charge in [0.15, 0.2) is 0 Å². The van der Waals surface area contributed by atoms with Crippen molar-refractivity contribution in [2.24, 2.45) is 0 Å². The van der Waals surface area contributed by atoms with Crippen molar-refractivity contribution in [3.05, 3.63) is 60.1 Å². The minimum absolute atomic E-state index is 0.188. The first-order valence-electron chi connectivity index (χ1n) is 8.20. The van der Waals surface area contributed by atoms with Gasteiger partial charge in [-0.1, -0.05) is 12.1 Å². The van der Waals surface area contributed by atoms with Crippen LogP contribution in [-0.2, 0) is 0 Å². The average Bonchev–Trinajstić information content (AvgIpc) is 2.99. The molecule has 25 heavy (non-hydrogen) atoms. The molecule has 0 bridgehead atoms. The number of benzene rings is 2. The number of halogens is 1. The maximum atomic E-state index is 13.0. The topological polar surface area (TPSA) is 62.7 Å². The smallest absolute Gasteiger partial charge is 0.291 e. The molecule has 2 aromatic carbocycles. The second-order valence-corrected chi connectivity index (χ2v) is 6.10. The predicted octanol–water partition coefficient (Wildman–Crippen LogP) is 3.12. The summed E-state index contributed by atoms with van der Waals surface area (Å²) in [6.45, 7) is 2.48. The summed E-state index contributed by atoms with van der Waals surface area (Å²) in [5.74, 6) is -0.234. The Morgan fingerprint density at radius 3 is 2.36 bits per heavy atom. The van der Waals surface area contributed by atoms with Gasteiger partial charge in [0, 0.05) is 37.3 Å². The molecular formula is C19H18FN3O2. The van der Waals surface area contributed by atoms with E-state index in [1.807, 2.05) is 18.2 Å². The highest BCUT2D eigenvalue weighted by Gasteiger charge is 2.27. The third-order valence-corrected chi connectivity index (χ3v) is 4.59. The van der Waals surface area contributed by atoms with Gasteiger partial charge in [-0.25, -0.2) is 4.39 Å². The van der Waals surface area contributed by atoms with E-state index in [4.69, 9.17) is 10.2 Å². The van der Waals surface area contributed by atoms with Gasteiger partial charge in [0.1, 0.15) is 11.4 Å². The fourth-order valence-electron chi connectivity index (χ4n) is 3.19. The molecule has 0 saturated carbocycles.